The van der Waals surface area contributed by atoms with Gasteiger partial charge in [0, 0.05) is 31.5 Å². The number of hydrogen-bond acceptors (Lipinski definition) is 5. The van der Waals surface area contributed by atoms with Gasteiger partial charge in [0.15, 0.2) is 5.54 Å². The highest BCUT2D eigenvalue weighted by Gasteiger charge is 2.62. The summed E-state index contributed by atoms with van der Waals surface area (Å²) in [4.78, 5) is 26.6. The van der Waals surface area contributed by atoms with Gasteiger partial charge in [-0.15, -0.1) is 0 Å². The summed E-state index contributed by atoms with van der Waals surface area (Å²) in [6, 6.07) is 10.4. The number of amides is 2. The van der Waals surface area contributed by atoms with E-state index in [4.69, 9.17) is 25.8 Å². The Kier molecular flexibility index (Phi) is 9.41. The Morgan fingerprint density at radius 3 is 2.38 bits per heavy atom. The molecule has 0 spiro atoms. The summed E-state index contributed by atoms with van der Waals surface area (Å²) in [6.07, 6.45) is 0.0362. The summed E-state index contributed by atoms with van der Waals surface area (Å²) in [6.45, 7) is 4.95. The van der Waals surface area contributed by atoms with Crippen LogP contribution in [-0.4, -0.2) is 59.8 Å². The minimum absolute atomic E-state index is 0.0451. The molecular formula is C29H35ClF2N2O6. The first-order valence-corrected chi connectivity index (χ1v) is 13.9. The average molecular weight is 581 g/mol. The van der Waals surface area contributed by atoms with Crippen molar-refractivity contribution in [3.05, 3.63) is 58.1 Å². The topological polar surface area (TPSA) is 97.3 Å². The lowest BCUT2D eigenvalue weighted by atomic mass is 9.73. The van der Waals surface area contributed by atoms with Crippen LogP contribution in [-0.2, 0) is 22.7 Å². The summed E-state index contributed by atoms with van der Waals surface area (Å²) < 4.78 is 45.0. The molecule has 0 bridgehead atoms. The molecule has 2 aromatic rings. The first kappa shape index (κ1) is 29.9. The van der Waals surface area contributed by atoms with Gasteiger partial charge in [-0.1, -0.05) is 41.9 Å². The molecule has 2 N–H and O–H groups in total. The minimum Gasteiger partial charge on any atom is -0.493 e. The number of aliphatic carboxylic acids is 1. The van der Waals surface area contributed by atoms with Crippen LogP contribution in [0.4, 0.5) is 13.6 Å². The number of rotatable bonds is 14. The number of benzene rings is 2. The maximum atomic E-state index is 13.7. The molecule has 0 saturated heterocycles. The number of nitrogens with zero attached hydrogens (tertiary/aromatic N) is 1. The Balaban J connectivity index is 1.58. The molecule has 11 heteroatoms. The third kappa shape index (κ3) is 6.96. The molecule has 0 heterocycles. The molecule has 4 rings (SSSR count). The van der Waals surface area contributed by atoms with Crippen LogP contribution >= 0.6 is 11.6 Å². The van der Waals surface area contributed by atoms with Gasteiger partial charge in [-0.25, -0.2) is 18.4 Å². The van der Waals surface area contributed by atoms with E-state index >= 15 is 0 Å². The van der Waals surface area contributed by atoms with E-state index in [9.17, 15) is 23.5 Å². The second-order valence-corrected chi connectivity index (χ2v) is 10.6. The first-order chi connectivity index (χ1) is 19.1. The molecule has 2 aliphatic carbocycles. The van der Waals surface area contributed by atoms with Crippen molar-refractivity contribution in [2.75, 3.05) is 26.4 Å². The maximum absolute atomic E-state index is 13.7. The van der Waals surface area contributed by atoms with Crippen LogP contribution in [0.5, 0.6) is 11.5 Å². The molecule has 2 fully saturated rings. The van der Waals surface area contributed by atoms with Gasteiger partial charge in [-0.3, -0.25) is 0 Å². The fraction of sp³-hybridized carbons (Fsp3) is 0.517. The summed E-state index contributed by atoms with van der Waals surface area (Å²) in [5, 5.41) is 12.3. The highest BCUT2D eigenvalue weighted by molar-refractivity contribution is 6.33. The van der Waals surface area contributed by atoms with E-state index in [-0.39, 0.29) is 25.6 Å². The fourth-order valence-corrected chi connectivity index (χ4v) is 5.19. The lowest BCUT2D eigenvalue weighted by Gasteiger charge is -2.44. The molecule has 2 amide bonds. The number of carboxylic acids is 1. The zero-order valence-corrected chi connectivity index (χ0v) is 23.4. The number of hydrogen-bond donors (Lipinski definition) is 2. The van der Waals surface area contributed by atoms with Crippen LogP contribution in [0.1, 0.15) is 62.1 Å². The van der Waals surface area contributed by atoms with Crippen molar-refractivity contribution >= 4 is 23.6 Å². The highest BCUT2D eigenvalue weighted by atomic mass is 35.5. The van der Waals surface area contributed by atoms with Crippen LogP contribution < -0.4 is 14.8 Å². The number of carboxylic acid groups (broad SMARTS) is 1. The van der Waals surface area contributed by atoms with E-state index < -0.39 is 36.3 Å². The number of carbonyl (C=O) groups excluding carboxylic acids is 1. The zero-order chi connectivity index (χ0) is 28.9. The quantitative estimate of drug-likeness (QED) is 0.266. The summed E-state index contributed by atoms with van der Waals surface area (Å²) in [5.41, 5.74) is 0.332. The number of carbonyl (C=O) groups is 2. The fourth-order valence-electron chi connectivity index (χ4n) is 4.91. The average Bonchev–Trinajstić information content (AvgIpc) is 3.73. The molecule has 0 radical (unpaired) electrons. The summed E-state index contributed by atoms with van der Waals surface area (Å²) in [5.74, 6) is -3.26. The summed E-state index contributed by atoms with van der Waals surface area (Å²) >= 11 is 6.82. The standard InChI is InChI=1S/C29H35ClF2N2O6/c1-3-39-22-14-21(24(30)25(40-4-2)23(22)20-10-11-20)15-34(12-13-38-16-19-8-6-5-7-9-19)27(37)33-28(26(35)36)17-29(31,32)18-28/h5-9,14,20H,3-4,10-13,15-18H2,1-2H3,(H,33,37)(H,35,36). The van der Waals surface area contributed by atoms with E-state index in [0.29, 0.717) is 41.9 Å². The van der Waals surface area contributed by atoms with Crippen LogP contribution in [0.25, 0.3) is 0 Å². The maximum Gasteiger partial charge on any atom is 0.329 e. The molecule has 0 aromatic heterocycles. The second-order valence-electron chi connectivity index (χ2n) is 10.2. The predicted molar refractivity (Wildman–Crippen MR) is 145 cm³/mol. The molecular weight excluding hydrogens is 546 g/mol. The SMILES string of the molecule is CCOc1cc(CN(CCOCc2ccccc2)C(=O)NC2(C(=O)O)CC(F)(F)C2)c(Cl)c(OCC)c1C1CC1. The van der Waals surface area contributed by atoms with Crippen molar-refractivity contribution < 1.29 is 37.7 Å². The molecule has 2 aliphatic rings. The van der Waals surface area contributed by atoms with Gasteiger partial charge in [0.05, 0.1) is 31.5 Å². The molecule has 8 nitrogen and oxygen atoms in total. The lowest BCUT2D eigenvalue weighted by Crippen LogP contribution is -2.68. The van der Waals surface area contributed by atoms with Crippen molar-refractivity contribution in [2.24, 2.45) is 0 Å². The normalized spacial score (nSPS) is 17.0. The third-order valence-electron chi connectivity index (χ3n) is 7.01. The van der Waals surface area contributed by atoms with Gasteiger partial charge >= 0.3 is 12.0 Å². The molecule has 40 heavy (non-hydrogen) atoms. The van der Waals surface area contributed by atoms with Gasteiger partial charge in [-0.05, 0) is 49.8 Å². The molecule has 2 saturated carbocycles. The van der Waals surface area contributed by atoms with E-state index in [0.717, 1.165) is 24.0 Å². The second kappa shape index (κ2) is 12.6. The smallest absolute Gasteiger partial charge is 0.329 e. The van der Waals surface area contributed by atoms with Crippen molar-refractivity contribution in [2.45, 2.75) is 70.1 Å². The van der Waals surface area contributed by atoms with E-state index in [2.05, 4.69) is 5.32 Å². The largest absolute Gasteiger partial charge is 0.493 e. The molecule has 0 unspecified atom stereocenters. The van der Waals surface area contributed by atoms with Gasteiger partial charge in [-0.2, -0.15) is 0 Å². The highest BCUT2D eigenvalue weighted by Crippen LogP contribution is 2.52. The molecule has 218 valence electrons. The third-order valence-corrected chi connectivity index (χ3v) is 7.43. The number of nitrogens with one attached hydrogen (secondary N) is 1. The van der Waals surface area contributed by atoms with Gasteiger partial charge in [0.25, 0.3) is 5.92 Å². The Labute approximate surface area is 237 Å². The Hall–Kier alpha value is -3.11. The van der Waals surface area contributed by atoms with Crippen LogP contribution in [0.2, 0.25) is 5.02 Å². The minimum atomic E-state index is -3.16. The number of halogens is 3. The van der Waals surface area contributed by atoms with Gasteiger partial charge in [0.1, 0.15) is 11.5 Å². The van der Waals surface area contributed by atoms with E-state index in [1.807, 2.05) is 44.2 Å². The van der Waals surface area contributed by atoms with E-state index in [1.54, 1.807) is 6.07 Å². The number of ether oxygens (including phenoxy) is 3. The lowest BCUT2D eigenvalue weighted by molar-refractivity contribution is -0.175. The molecule has 2 aromatic carbocycles. The molecule has 0 aliphatic heterocycles. The first-order valence-electron chi connectivity index (χ1n) is 13.5. The number of urea groups is 1. The Morgan fingerprint density at radius 2 is 1.80 bits per heavy atom. The Morgan fingerprint density at radius 1 is 1.12 bits per heavy atom. The van der Waals surface area contributed by atoms with Crippen molar-refractivity contribution in [1.82, 2.24) is 10.2 Å². The monoisotopic (exact) mass is 580 g/mol. The molecule has 0 atom stereocenters. The van der Waals surface area contributed by atoms with Crippen molar-refractivity contribution in [1.29, 1.82) is 0 Å². The predicted octanol–water partition coefficient (Wildman–Crippen LogP) is 6.00. The van der Waals surface area contributed by atoms with Crippen molar-refractivity contribution in [3.63, 3.8) is 0 Å². The van der Waals surface area contributed by atoms with Crippen LogP contribution in [0, 0.1) is 0 Å². The number of alkyl halides is 2. The van der Waals surface area contributed by atoms with E-state index in [1.165, 1.54) is 4.90 Å². The zero-order valence-electron chi connectivity index (χ0n) is 22.7. The Bertz CT molecular complexity index is 1200. The summed E-state index contributed by atoms with van der Waals surface area (Å²) in [7, 11) is 0. The van der Waals surface area contributed by atoms with Gasteiger partial charge in [0.2, 0.25) is 0 Å². The van der Waals surface area contributed by atoms with Crippen LogP contribution in [0.15, 0.2) is 36.4 Å². The van der Waals surface area contributed by atoms with Crippen molar-refractivity contribution in [3.8, 4) is 11.5 Å². The van der Waals surface area contributed by atoms with Gasteiger partial charge < -0.3 is 29.5 Å². The van der Waals surface area contributed by atoms with Crippen LogP contribution in [0.3, 0.4) is 0 Å².